The van der Waals surface area contributed by atoms with Gasteiger partial charge in [-0.1, -0.05) is 0 Å². The number of rotatable bonds is 1. The summed E-state index contributed by atoms with van der Waals surface area (Å²) in [5.74, 6) is 0. The van der Waals surface area contributed by atoms with Crippen molar-refractivity contribution in [1.82, 2.24) is 0 Å². The maximum absolute atomic E-state index is 9.32. The average Bonchev–Trinajstić information content (AvgIpc) is 2.08. The molecule has 6 heteroatoms. The van der Waals surface area contributed by atoms with Crippen LogP contribution in [0.4, 0.5) is 0 Å². The van der Waals surface area contributed by atoms with Crippen molar-refractivity contribution in [2.45, 2.75) is 30.6 Å². The van der Waals surface area contributed by atoms with Crippen LogP contribution >= 0.6 is 0 Å². The fourth-order valence-electron chi connectivity index (χ4n) is 1.17. The van der Waals surface area contributed by atoms with E-state index in [1.165, 1.54) is 0 Å². The Morgan fingerprint density at radius 2 is 1.75 bits per heavy atom. The van der Waals surface area contributed by atoms with E-state index in [0.29, 0.717) is 0 Å². The van der Waals surface area contributed by atoms with Gasteiger partial charge in [0.25, 0.3) is 0 Å². The van der Waals surface area contributed by atoms with Crippen molar-refractivity contribution in [1.29, 1.82) is 0 Å². The Morgan fingerprint density at radius 1 is 1.17 bits per heavy atom. The maximum Gasteiger partial charge on any atom is 0.171 e. The molecule has 5 atom stereocenters. The van der Waals surface area contributed by atoms with Gasteiger partial charge in [0.2, 0.25) is 0 Å². The van der Waals surface area contributed by atoms with Crippen LogP contribution < -0.4 is 11.5 Å². The highest BCUT2D eigenvalue weighted by Gasteiger charge is 2.40. The highest BCUT2D eigenvalue weighted by atomic mass is 16.6. The van der Waals surface area contributed by atoms with E-state index >= 15 is 0 Å². The molecule has 0 unspecified atom stereocenters. The molecule has 7 N–H and O–H groups in total. The van der Waals surface area contributed by atoms with Gasteiger partial charge in [0.1, 0.15) is 6.10 Å². The summed E-state index contributed by atoms with van der Waals surface area (Å²) in [7, 11) is 0. The van der Waals surface area contributed by atoms with E-state index in [1.807, 2.05) is 0 Å². The first-order valence-corrected chi connectivity index (χ1v) is 3.71. The molecule has 0 radical (unpaired) electrons. The first-order chi connectivity index (χ1) is 5.57. The molecule has 0 aromatic carbocycles. The van der Waals surface area contributed by atoms with Gasteiger partial charge in [-0.2, -0.15) is 0 Å². The van der Waals surface area contributed by atoms with Crippen molar-refractivity contribution < 1.29 is 20.1 Å². The van der Waals surface area contributed by atoms with Crippen molar-refractivity contribution in [3.05, 3.63) is 0 Å². The summed E-state index contributed by atoms with van der Waals surface area (Å²) in [4.78, 5) is 0. The third-order valence-electron chi connectivity index (χ3n) is 2.04. The van der Waals surface area contributed by atoms with Gasteiger partial charge in [0.05, 0.1) is 24.8 Å². The van der Waals surface area contributed by atoms with E-state index < -0.39 is 37.2 Å². The molecule has 0 amide bonds. The average molecular weight is 178 g/mol. The van der Waals surface area contributed by atoms with E-state index in [9.17, 15) is 5.11 Å². The van der Waals surface area contributed by atoms with Crippen LogP contribution in [0.15, 0.2) is 0 Å². The molecule has 1 heterocycles. The standard InChI is InChI=1S/C6H14N2O4/c7-3-4(8)6(11)12-2(1-9)5(3)10/h2-6,9-11H,1,7-8H2/t2-,3+,4+,5-,6-/m1/s1. The Bertz CT molecular complexity index is 152. The first kappa shape index (κ1) is 9.85. The summed E-state index contributed by atoms with van der Waals surface area (Å²) in [6, 6.07) is -1.59. The third kappa shape index (κ3) is 1.58. The molecule has 0 bridgehead atoms. The predicted molar refractivity (Wildman–Crippen MR) is 39.9 cm³/mol. The molecule has 1 aliphatic rings. The van der Waals surface area contributed by atoms with Crippen molar-refractivity contribution in [2.75, 3.05) is 6.61 Å². The minimum absolute atomic E-state index is 0.390. The monoisotopic (exact) mass is 178 g/mol. The molecule has 1 aliphatic heterocycles. The lowest BCUT2D eigenvalue weighted by Gasteiger charge is -2.38. The van der Waals surface area contributed by atoms with E-state index in [1.54, 1.807) is 0 Å². The molecule has 0 aromatic heterocycles. The largest absolute Gasteiger partial charge is 0.394 e. The van der Waals surface area contributed by atoms with E-state index in [4.69, 9.17) is 26.4 Å². The van der Waals surface area contributed by atoms with Crippen LogP contribution in [0.2, 0.25) is 0 Å². The van der Waals surface area contributed by atoms with Crippen LogP contribution in [-0.4, -0.2) is 52.5 Å². The van der Waals surface area contributed by atoms with Crippen molar-refractivity contribution >= 4 is 0 Å². The van der Waals surface area contributed by atoms with E-state index in [2.05, 4.69) is 0 Å². The summed E-state index contributed by atoms with van der Waals surface area (Å²) < 4.78 is 4.78. The highest BCUT2D eigenvalue weighted by Crippen LogP contribution is 2.16. The lowest BCUT2D eigenvalue weighted by atomic mass is 9.96. The van der Waals surface area contributed by atoms with E-state index in [-0.39, 0.29) is 0 Å². The minimum atomic E-state index is -1.22. The topological polar surface area (TPSA) is 122 Å². The molecule has 0 aliphatic carbocycles. The summed E-state index contributed by atoms with van der Waals surface area (Å²) in [6.45, 7) is -0.390. The molecule has 0 spiro atoms. The first-order valence-electron chi connectivity index (χ1n) is 3.71. The highest BCUT2D eigenvalue weighted by molar-refractivity contribution is 4.93. The number of hydrogen-bond acceptors (Lipinski definition) is 6. The van der Waals surface area contributed by atoms with Gasteiger partial charge in [-0.25, -0.2) is 0 Å². The Morgan fingerprint density at radius 3 is 2.25 bits per heavy atom. The number of nitrogens with two attached hydrogens (primary N) is 2. The Hall–Kier alpha value is -0.240. The number of aliphatic hydroxyl groups is 3. The van der Waals surface area contributed by atoms with Gasteiger partial charge < -0.3 is 31.5 Å². The minimum Gasteiger partial charge on any atom is -0.394 e. The Labute approximate surface area is 69.7 Å². The fourth-order valence-corrected chi connectivity index (χ4v) is 1.17. The van der Waals surface area contributed by atoms with Gasteiger partial charge in [0, 0.05) is 0 Å². The summed E-state index contributed by atoms with van der Waals surface area (Å²) in [5, 5.41) is 27.1. The molecular formula is C6H14N2O4. The number of ether oxygens (including phenoxy) is 1. The zero-order valence-electron chi connectivity index (χ0n) is 6.50. The fraction of sp³-hybridized carbons (Fsp3) is 1.00. The normalized spacial score (nSPS) is 49.2. The third-order valence-corrected chi connectivity index (χ3v) is 2.04. The molecule has 1 fully saturated rings. The Balaban J connectivity index is 2.63. The predicted octanol–water partition coefficient (Wildman–Crippen LogP) is -3.29. The molecule has 1 saturated heterocycles. The molecular weight excluding hydrogens is 164 g/mol. The zero-order chi connectivity index (χ0) is 9.30. The zero-order valence-corrected chi connectivity index (χ0v) is 6.50. The lowest BCUT2D eigenvalue weighted by Crippen LogP contribution is -2.65. The quantitative estimate of drug-likeness (QED) is 0.287. The maximum atomic E-state index is 9.32. The second-order valence-corrected chi connectivity index (χ2v) is 2.89. The molecule has 1 rings (SSSR count). The summed E-state index contributed by atoms with van der Waals surface area (Å²) in [5.41, 5.74) is 10.8. The van der Waals surface area contributed by atoms with Gasteiger partial charge in [-0.05, 0) is 0 Å². The van der Waals surface area contributed by atoms with Gasteiger partial charge in [-0.3, -0.25) is 0 Å². The molecule has 6 nitrogen and oxygen atoms in total. The Kier molecular flexibility index (Phi) is 2.99. The second-order valence-electron chi connectivity index (χ2n) is 2.89. The summed E-state index contributed by atoms with van der Waals surface area (Å²) >= 11 is 0. The van der Waals surface area contributed by atoms with Crippen LogP contribution in [-0.2, 0) is 4.74 Å². The second kappa shape index (κ2) is 3.65. The van der Waals surface area contributed by atoms with Crippen molar-refractivity contribution in [2.24, 2.45) is 11.5 Å². The molecule has 0 aromatic rings. The summed E-state index contributed by atoms with van der Waals surface area (Å²) in [6.07, 6.45) is -3.11. The lowest BCUT2D eigenvalue weighted by molar-refractivity contribution is -0.221. The smallest absolute Gasteiger partial charge is 0.171 e. The van der Waals surface area contributed by atoms with Crippen molar-refractivity contribution in [3.8, 4) is 0 Å². The van der Waals surface area contributed by atoms with E-state index in [0.717, 1.165) is 0 Å². The molecule has 72 valence electrons. The van der Waals surface area contributed by atoms with Gasteiger partial charge in [0.15, 0.2) is 6.29 Å². The molecule has 0 saturated carbocycles. The van der Waals surface area contributed by atoms with Gasteiger partial charge >= 0.3 is 0 Å². The van der Waals surface area contributed by atoms with Crippen molar-refractivity contribution in [3.63, 3.8) is 0 Å². The van der Waals surface area contributed by atoms with Crippen LogP contribution in [0.25, 0.3) is 0 Å². The van der Waals surface area contributed by atoms with Gasteiger partial charge in [-0.15, -0.1) is 0 Å². The van der Waals surface area contributed by atoms with Crippen LogP contribution in [0.1, 0.15) is 0 Å². The SMILES string of the molecule is N[C@H]1[C@H](N)[C@H](O)O[C@H](CO)[C@H]1O. The molecule has 12 heavy (non-hydrogen) atoms. The van der Waals surface area contributed by atoms with Crippen LogP contribution in [0.3, 0.4) is 0 Å². The van der Waals surface area contributed by atoms with Crippen LogP contribution in [0, 0.1) is 0 Å². The van der Waals surface area contributed by atoms with Crippen LogP contribution in [0.5, 0.6) is 0 Å². The number of hydrogen-bond donors (Lipinski definition) is 5. The number of aliphatic hydroxyl groups excluding tert-OH is 3.